The highest BCUT2D eigenvalue weighted by molar-refractivity contribution is 9.10. The number of carbonyl (C=O) groups excluding carboxylic acids is 2. The Bertz CT molecular complexity index is 691. The van der Waals surface area contributed by atoms with Crippen molar-refractivity contribution in [3.63, 3.8) is 0 Å². The van der Waals surface area contributed by atoms with Gasteiger partial charge in [-0.05, 0) is 40.2 Å². The average molecular weight is 355 g/mol. The molecule has 0 unspecified atom stereocenters. The number of pyridine rings is 1. The van der Waals surface area contributed by atoms with E-state index in [2.05, 4.69) is 26.2 Å². The van der Waals surface area contributed by atoms with Gasteiger partial charge >= 0.3 is 0 Å². The number of benzene rings is 1. The van der Waals surface area contributed by atoms with Gasteiger partial charge in [-0.25, -0.2) is 0 Å². The zero-order valence-corrected chi connectivity index (χ0v) is 12.4. The number of carbonyl (C=O) groups is 2. The Balaban J connectivity index is 2.20. The highest BCUT2D eigenvalue weighted by Crippen LogP contribution is 2.21. The number of amides is 2. The summed E-state index contributed by atoms with van der Waals surface area (Å²) in [5.74, 6) is -0.953. The Hall–Kier alpha value is -1.92. The summed E-state index contributed by atoms with van der Waals surface area (Å²) in [7, 11) is 0. The minimum atomic E-state index is -0.621. The van der Waals surface area contributed by atoms with Crippen LogP contribution in [0.3, 0.4) is 0 Å². The quantitative estimate of drug-likeness (QED) is 0.889. The van der Waals surface area contributed by atoms with E-state index in [0.717, 1.165) is 0 Å². The van der Waals surface area contributed by atoms with Gasteiger partial charge in [0.2, 0.25) is 5.91 Å². The van der Waals surface area contributed by atoms with Crippen molar-refractivity contribution in [2.75, 3.05) is 5.32 Å². The first kappa shape index (κ1) is 14.5. The number of rotatable bonds is 3. The fourth-order valence-electron chi connectivity index (χ4n) is 1.53. The molecule has 1 aromatic carbocycles. The number of nitrogens with zero attached hydrogens (tertiary/aromatic N) is 1. The molecule has 1 aromatic heterocycles. The lowest BCUT2D eigenvalue weighted by molar-refractivity contribution is 0.0998. The first-order valence-electron chi connectivity index (χ1n) is 5.48. The van der Waals surface area contributed by atoms with Crippen LogP contribution in [0.15, 0.2) is 41.1 Å². The lowest BCUT2D eigenvalue weighted by Crippen LogP contribution is -2.14. The number of nitrogens with one attached hydrogen (secondary N) is 1. The first-order valence-corrected chi connectivity index (χ1v) is 6.65. The van der Waals surface area contributed by atoms with Crippen molar-refractivity contribution in [2.24, 2.45) is 5.73 Å². The summed E-state index contributed by atoms with van der Waals surface area (Å²) in [5, 5.41) is 2.84. The summed E-state index contributed by atoms with van der Waals surface area (Å²) in [6.07, 6.45) is 3.02. The minimum absolute atomic E-state index is 0.183. The monoisotopic (exact) mass is 353 g/mol. The molecule has 0 fully saturated rings. The van der Waals surface area contributed by atoms with Gasteiger partial charge in [0.15, 0.2) is 0 Å². The average Bonchev–Trinajstić information content (AvgIpc) is 2.38. The molecule has 0 saturated carbocycles. The maximum atomic E-state index is 12.0. The van der Waals surface area contributed by atoms with Gasteiger partial charge in [-0.2, -0.15) is 0 Å². The third-order valence-corrected chi connectivity index (χ3v) is 3.21. The molecule has 0 bridgehead atoms. The second kappa shape index (κ2) is 6.02. The topological polar surface area (TPSA) is 85.1 Å². The van der Waals surface area contributed by atoms with Crippen LogP contribution in [0.25, 0.3) is 0 Å². The highest BCUT2D eigenvalue weighted by atomic mass is 79.9. The van der Waals surface area contributed by atoms with Crippen LogP contribution in [-0.2, 0) is 0 Å². The number of primary amides is 1. The first-order chi connectivity index (χ1) is 9.47. The van der Waals surface area contributed by atoms with Gasteiger partial charge in [0.25, 0.3) is 5.91 Å². The molecule has 0 aliphatic heterocycles. The molecule has 1 heterocycles. The number of hydrogen-bond donors (Lipinski definition) is 2. The zero-order valence-electron chi connectivity index (χ0n) is 10.1. The fraction of sp³-hybridized carbons (Fsp3) is 0. The molecular formula is C13H9BrClN3O2. The van der Waals surface area contributed by atoms with Gasteiger partial charge in [-0.15, -0.1) is 0 Å². The molecule has 20 heavy (non-hydrogen) atoms. The summed E-state index contributed by atoms with van der Waals surface area (Å²) < 4.78 is 0.701. The smallest absolute Gasteiger partial charge is 0.257 e. The number of halogens is 2. The van der Waals surface area contributed by atoms with Gasteiger partial charge in [-0.1, -0.05) is 11.6 Å². The van der Waals surface area contributed by atoms with Crippen LogP contribution in [0.1, 0.15) is 20.7 Å². The van der Waals surface area contributed by atoms with E-state index in [1.54, 1.807) is 18.3 Å². The molecule has 3 N–H and O–H groups in total. The summed E-state index contributed by atoms with van der Waals surface area (Å²) in [6, 6.07) is 6.11. The van der Waals surface area contributed by atoms with Gasteiger partial charge in [0, 0.05) is 22.6 Å². The van der Waals surface area contributed by atoms with Crippen molar-refractivity contribution in [1.82, 2.24) is 4.98 Å². The lowest BCUT2D eigenvalue weighted by Gasteiger charge is -2.07. The number of anilines is 1. The van der Waals surface area contributed by atoms with Gasteiger partial charge in [-0.3, -0.25) is 14.6 Å². The molecule has 0 atom stereocenters. The third-order valence-electron chi connectivity index (χ3n) is 2.46. The Kier molecular flexibility index (Phi) is 4.36. The van der Waals surface area contributed by atoms with E-state index in [9.17, 15) is 9.59 Å². The predicted molar refractivity (Wildman–Crippen MR) is 79.9 cm³/mol. The van der Waals surface area contributed by atoms with Crippen LogP contribution < -0.4 is 11.1 Å². The molecule has 0 radical (unpaired) electrons. The molecule has 2 aromatic rings. The van der Waals surface area contributed by atoms with Crippen LogP contribution in [-0.4, -0.2) is 16.8 Å². The Morgan fingerprint density at radius 1 is 1.25 bits per heavy atom. The molecule has 7 heteroatoms. The lowest BCUT2D eigenvalue weighted by atomic mass is 10.2. The Morgan fingerprint density at radius 3 is 2.60 bits per heavy atom. The van der Waals surface area contributed by atoms with E-state index in [0.29, 0.717) is 15.7 Å². The van der Waals surface area contributed by atoms with Crippen LogP contribution in [0.2, 0.25) is 5.02 Å². The second-order valence-corrected chi connectivity index (χ2v) is 5.23. The Labute approximate surface area is 128 Å². The third kappa shape index (κ3) is 3.34. The van der Waals surface area contributed by atoms with Crippen molar-refractivity contribution in [2.45, 2.75) is 0 Å². The highest BCUT2D eigenvalue weighted by Gasteiger charge is 2.10. The molecule has 5 nitrogen and oxygen atoms in total. The van der Waals surface area contributed by atoms with Crippen LogP contribution >= 0.6 is 27.5 Å². The van der Waals surface area contributed by atoms with Crippen molar-refractivity contribution >= 4 is 45.0 Å². The standard InChI is InChI=1S/C13H9BrClN3O2/c14-8-3-7(5-17-6-8)13(20)18-9-1-2-10(12(16)19)11(15)4-9/h1-6H,(H2,16,19)(H,18,20). The fourth-order valence-corrected chi connectivity index (χ4v) is 2.17. The predicted octanol–water partition coefficient (Wildman–Crippen LogP) is 2.85. The Morgan fingerprint density at radius 2 is 2.00 bits per heavy atom. The van der Waals surface area contributed by atoms with E-state index >= 15 is 0 Å². The molecule has 0 spiro atoms. The largest absolute Gasteiger partial charge is 0.366 e. The molecule has 2 rings (SSSR count). The number of hydrogen-bond acceptors (Lipinski definition) is 3. The molecule has 102 valence electrons. The molecule has 0 aliphatic rings. The van der Waals surface area contributed by atoms with E-state index in [1.165, 1.54) is 18.3 Å². The molecule has 0 aliphatic carbocycles. The second-order valence-electron chi connectivity index (χ2n) is 3.90. The molecule has 2 amide bonds. The van der Waals surface area contributed by atoms with Crippen LogP contribution in [0, 0.1) is 0 Å². The van der Waals surface area contributed by atoms with Crippen molar-refractivity contribution in [3.05, 3.63) is 57.3 Å². The maximum absolute atomic E-state index is 12.0. The van der Waals surface area contributed by atoms with E-state index in [-0.39, 0.29) is 16.5 Å². The van der Waals surface area contributed by atoms with E-state index in [4.69, 9.17) is 17.3 Å². The van der Waals surface area contributed by atoms with E-state index in [1.807, 2.05) is 0 Å². The van der Waals surface area contributed by atoms with Crippen LogP contribution in [0.5, 0.6) is 0 Å². The van der Waals surface area contributed by atoms with Crippen molar-refractivity contribution < 1.29 is 9.59 Å². The zero-order chi connectivity index (χ0) is 14.7. The number of aromatic nitrogens is 1. The molecular weight excluding hydrogens is 346 g/mol. The van der Waals surface area contributed by atoms with Crippen molar-refractivity contribution in [3.8, 4) is 0 Å². The van der Waals surface area contributed by atoms with E-state index < -0.39 is 5.91 Å². The maximum Gasteiger partial charge on any atom is 0.257 e. The molecule has 0 saturated heterocycles. The van der Waals surface area contributed by atoms with Gasteiger partial charge < -0.3 is 11.1 Å². The summed E-state index contributed by atoms with van der Waals surface area (Å²) in [6.45, 7) is 0. The van der Waals surface area contributed by atoms with Gasteiger partial charge in [0.05, 0.1) is 16.1 Å². The SMILES string of the molecule is NC(=O)c1ccc(NC(=O)c2cncc(Br)c2)cc1Cl. The number of nitrogens with two attached hydrogens (primary N) is 1. The summed E-state index contributed by atoms with van der Waals surface area (Å²) in [4.78, 5) is 26.9. The van der Waals surface area contributed by atoms with Gasteiger partial charge in [0.1, 0.15) is 0 Å². The van der Waals surface area contributed by atoms with Crippen LogP contribution in [0.4, 0.5) is 5.69 Å². The summed E-state index contributed by atoms with van der Waals surface area (Å²) >= 11 is 9.15. The minimum Gasteiger partial charge on any atom is -0.366 e. The summed E-state index contributed by atoms with van der Waals surface area (Å²) in [5.41, 5.74) is 6.21. The van der Waals surface area contributed by atoms with Crippen molar-refractivity contribution in [1.29, 1.82) is 0 Å². The normalized spacial score (nSPS) is 10.1.